The molecule has 0 aliphatic carbocycles. The van der Waals surface area contributed by atoms with Gasteiger partial charge in [0.1, 0.15) is 0 Å². The molecule has 1 aliphatic rings. The quantitative estimate of drug-likeness (QED) is 0.902. The second kappa shape index (κ2) is 5.30. The van der Waals surface area contributed by atoms with Crippen LogP contribution >= 0.6 is 15.9 Å². The molecule has 3 rings (SSSR count). The van der Waals surface area contributed by atoms with E-state index < -0.39 is 0 Å². The van der Waals surface area contributed by atoms with Gasteiger partial charge in [-0.2, -0.15) is 4.98 Å². The molecule has 106 valence electrons. The lowest BCUT2D eigenvalue weighted by atomic mass is 9.77. The first-order chi connectivity index (χ1) is 9.56. The second-order valence-corrected chi connectivity index (χ2v) is 6.86. The maximum atomic E-state index is 5.49. The third-order valence-corrected chi connectivity index (χ3v) is 4.45. The first-order valence-electron chi connectivity index (χ1n) is 6.89. The van der Waals surface area contributed by atoms with Crippen LogP contribution in [0.4, 0.5) is 0 Å². The monoisotopic (exact) mass is 335 g/mol. The molecule has 1 atom stereocenters. The van der Waals surface area contributed by atoms with Crippen molar-refractivity contribution in [1.82, 2.24) is 15.5 Å². The highest BCUT2D eigenvalue weighted by atomic mass is 79.9. The summed E-state index contributed by atoms with van der Waals surface area (Å²) >= 11 is 3.43. The van der Waals surface area contributed by atoms with Crippen LogP contribution in [0.25, 0.3) is 11.4 Å². The number of rotatable bonds is 2. The summed E-state index contributed by atoms with van der Waals surface area (Å²) in [5.74, 6) is 1.34. The van der Waals surface area contributed by atoms with Gasteiger partial charge in [0, 0.05) is 10.0 Å². The van der Waals surface area contributed by atoms with Crippen LogP contribution in [0.2, 0.25) is 0 Å². The fourth-order valence-corrected chi connectivity index (χ4v) is 2.97. The molecular weight excluding hydrogens is 318 g/mol. The Balaban J connectivity index is 1.88. The molecule has 1 fully saturated rings. The van der Waals surface area contributed by atoms with Gasteiger partial charge in [0.25, 0.3) is 0 Å². The number of hydrogen-bond acceptors (Lipinski definition) is 4. The van der Waals surface area contributed by atoms with E-state index in [1.54, 1.807) is 0 Å². The Hall–Kier alpha value is -1.20. The molecule has 0 radical (unpaired) electrons. The molecule has 5 heteroatoms. The second-order valence-electron chi connectivity index (χ2n) is 5.94. The molecule has 2 aromatic rings. The van der Waals surface area contributed by atoms with E-state index in [1.165, 1.54) is 12.8 Å². The van der Waals surface area contributed by atoms with Crippen molar-refractivity contribution < 1.29 is 4.52 Å². The number of piperidine rings is 1. The molecule has 4 nitrogen and oxygen atoms in total. The molecule has 1 aromatic heterocycles. The maximum Gasteiger partial charge on any atom is 0.244 e. The Morgan fingerprint density at radius 1 is 1.30 bits per heavy atom. The Morgan fingerprint density at radius 3 is 2.75 bits per heavy atom. The predicted octanol–water partition coefficient (Wildman–Crippen LogP) is 3.95. The van der Waals surface area contributed by atoms with Crippen molar-refractivity contribution in [1.29, 1.82) is 0 Å². The predicted molar refractivity (Wildman–Crippen MR) is 81.2 cm³/mol. The molecule has 1 aromatic carbocycles. The lowest BCUT2D eigenvalue weighted by Crippen LogP contribution is -2.39. The summed E-state index contributed by atoms with van der Waals surface area (Å²) in [6, 6.07) is 8.06. The zero-order chi connectivity index (χ0) is 14.2. The minimum absolute atomic E-state index is 0.132. The standard InChI is InChI=1S/C15H18BrN3O/c1-15(2)8-3-9-17-12(15)14-18-13(19-20-14)10-4-6-11(16)7-5-10/h4-7,12,17H,3,8-9H2,1-2H3. The van der Waals surface area contributed by atoms with Gasteiger partial charge in [0.05, 0.1) is 6.04 Å². The molecule has 20 heavy (non-hydrogen) atoms. The van der Waals surface area contributed by atoms with Crippen LogP contribution in [-0.4, -0.2) is 16.7 Å². The van der Waals surface area contributed by atoms with E-state index in [4.69, 9.17) is 4.52 Å². The van der Waals surface area contributed by atoms with Crippen LogP contribution in [0.15, 0.2) is 33.3 Å². The van der Waals surface area contributed by atoms with Gasteiger partial charge in [-0.05, 0) is 49.1 Å². The minimum atomic E-state index is 0.132. The molecule has 1 saturated heterocycles. The molecule has 1 aliphatic heterocycles. The minimum Gasteiger partial charge on any atom is -0.337 e. The molecule has 0 saturated carbocycles. The fraction of sp³-hybridized carbons (Fsp3) is 0.467. The maximum absolute atomic E-state index is 5.49. The SMILES string of the molecule is CC1(C)CCCNC1c1nc(-c2ccc(Br)cc2)no1. The van der Waals surface area contributed by atoms with E-state index in [0.29, 0.717) is 11.7 Å². The third kappa shape index (κ3) is 2.65. The van der Waals surface area contributed by atoms with Crippen molar-refractivity contribution in [3.8, 4) is 11.4 Å². The van der Waals surface area contributed by atoms with Crippen LogP contribution in [-0.2, 0) is 0 Å². The Labute approximate surface area is 127 Å². The van der Waals surface area contributed by atoms with Gasteiger partial charge in [0.15, 0.2) is 0 Å². The van der Waals surface area contributed by atoms with E-state index in [-0.39, 0.29) is 11.5 Å². The third-order valence-electron chi connectivity index (χ3n) is 3.92. The van der Waals surface area contributed by atoms with Crippen molar-refractivity contribution in [2.75, 3.05) is 6.54 Å². The smallest absolute Gasteiger partial charge is 0.244 e. The Kier molecular flexibility index (Phi) is 3.65. The molecule has 1 unspecified atom stereocenters. The summed E-state index contributed by atoms with van der Waals surface area (Å²) in [7, 11) is 0. The molecule has 2 heterocycles. The van der Waals surface area contributed by atoms with Gasteiger partial charge in [-0.15, -0.1) is 0 Å². The first-order valence-corrected chi connectivity index (χ1v) is 7.68. The van der Waals surface area contributed by atoms with Crippen molar-refractivity contribution >= 4 is 15.9 Å². The van der Waals surface area contributed by atoms with E-state index >= 15 is 0 Å². The van der Waals surface area contributed by atoms with E-state index in [9.17, 15) is 0 Å². The summed E-state index contributed by atoms with van der Waals surface area (Å²) in [6.45, 7) is 5.49. The first kappa shape index (κ1) is 13.8. The molecular formula is C15H18BrN3O. The van der Waals surface area contributed by atoms with Gasteiger partial charge in [-0.1, -0.05) is 34.9 Å². The van der Waals surface area contributed by atoms with Crippen molar-refractivity contribution in [2.24, 2.45) is 5.41 Å². The normalized spacial score (nSPS) is 21.9. The number of halogens is 1. The van der Waals surface area contributed by atoms with Gasteiger partial charge in [0.2, 0.25) is 11.7 Å². The highest BCUT2D eigenvalue weighted by molar-refractivity contribution is 9.10. The lowest BCUT2D eigenvalue weighted by molar-refractivity contribution is 0.146. The average Bonchev–Trinajstić information content (AvgIpc) is 2.88. The summed E-state index contributed by atoms with van der Waals surface area (Å²) in [5, 5.41) is 7.61. The number of hydrogen-bond donors (Lipinski definition) is 1. The summed E-state index contributed by atoms with van der Waals surface area (Å²) < 4.78 is 6.53. The van der Waals surface area contributed by atoms with Crippen molar-refractivity contribution in [3.63, 3.8) is 0 Å². The van der Waals surface area contributed by atoms with E-state index in [0.717, 1.165) is 16.6 Å². The van der Waals surface area contributed by atoms with Crippen LogP contribution in [0.1, 0.15) is 38.6 Å². The Morgan fingerprint density at radius 2 is 2.05 bits per heavy atom. The lowest BCUT2D eigenvalue weighted by Gasteiger charge is -2.36. The number of nitrogens with zero attached hydrogens (tertiary/aromatic N) is 2. The van der Waals surface area contributed by atoms with Crippen LogP contribution in [0.5, 0.6) is 0 Å². The summed E-state index contributed by atoms with van der Waals surface area (Å²) in [5.41, 5.74) is 1.11. The van der Waals surface area contributed by atoms with Gasteiger partial charge < -0.3 is 9.84 Å². The zero-order valence-corrected chi connectivity index (χ0v) is 13.3. The number of aromatic nitrogens is 2. The molecule has 0 amide bonds. The highest BCUT2D eigenvalue weighted by Gasteiger charge is 2.37. The fourth-order valence-electron chi connectivity index (χ4n) is 2.70. The topological polar surface area (TPSA) is 51.0 Å². The van der Waals surface area contributed by atoms with Crippen LogP contribution < -0.4 is 5.32 Å². The average molecular weight is 336 g/mol. The largest absolute Gasteiger partial charge is 0.337 e. The number of nitrogens with one attached hydrogen (secondary N) is 1. The van der Waals surface area contributed by atoms with Crippen LogP contribution in [0, 0.1) is 5.41 Å². The molecule has 0 bridgehead atoms. The van der Waals surface area contributed by atoms with Gasteiger partial charge >= 0.3 is 0 Å². The van der Waals surface area contributed by atoms with E-state index in [1.807, 2.05) is 24.3 Å². The van der Waals surface area contributed by atoms with Gasteiger partial charge in [-0.25, -0.2) is 0 Å². The van der Waals surface area contributed by atoms with Crippen molar-refractivity contribution in [2.45, 2.75) is 32.7 Å². The summed E-state index contributed by atoms with van der Waals surface area (Å²) in [6.07, 6.45) is 2.36. The van der Waals surface area contributed by atoms with Crippen molar-refractivity contribution in [3.05, 3.63) is 34.6 Å². The molecule has 0 spiro atoms. The zero-order valence-electron chi connectivity index (χ0n) is 11.7. The van der Waals surface area contributed by atoms with E-state index in [2.05, 4.69) is 45.2 Å². The summed E-state index contributed by atoms with van der Waals surface area (Å²) in [4.78, 5) is 4.57. The highest BCUT2D eigenvalue weighted by Crippen LogP contribution is 2.39. The van der Waals surface area contributed by atoms with Crippen LogP contribution in [0.3, 0.4) is 0 Å². The molecule has 1 N–H and O–H groups in total. The number of benzene rings is 1. The van der Waals surface area contributed by atoms with Gasteiger partial charge in [-0.3, -0.25) is 0 Å². The Bertz CT molecular complexity index is 591.